The van der Waals surface area contributed by atoms with Crippen LogP contribution in [0.4, 0.5) is 0 Å². The lowest BCUT2D eigenvalue weighted by molar-refractivity contribution is -0.435. The number of hydrogen-bond acceptors (Lipinski definition) is 0. The number of rotatable bonds is 0. The summed E-state index contributed by atoms with van der Waals surface area (Å²) in [7, 11) is 2.18. The van der Waals surface area contributed by atoms with E-state index in [1.54, 1.807) is 0 Å². The minimum atomic E-state index is 0.251. The molecule has 1 aliphatic heterocycles. The molecule has 0 radical (unpaired) electrons. The summed E-state index contributed by atoms with van der Waals surface area (Å²) in [6.07, 6.45) is 7.19. The third-order valence-corrected chi connectivity index (χ3v) is 3.57. The van der Waals surface area contributed by atoms with Crippen LogP contribution in [0.25, 0.3) is 0 Å². The van der Waals surface area contributed by atoms with Crippen molar-refractivity contribution < 1.29 is 4.58 Å². The van der Waals surface area contributed by atoms with E-state index in [9.17, 15) is 0 Å². The Hall–Kier alpha value is -0.850. The summed E-state index contributed by atoms with van der Waals surface area (Å²) in [5.41, 5.74) is 4.68. The first kappa shape index (κ1) is 8.74. The average molecular weight is 176 g/mol. The van der Waals surface area contributed by atoms with Gasteiger partial charge in [-0.15, -0.1) is 0 Å². The highest BCUT2D eigenvalue weighted by Crippen LogP contribution is 2.41. The fourth-order valence-electron chi connectivity index (χ4n) is 2.35. The van der Waals surface area contributed by atoms with E-state index in [-0.39, 0.29) is 5.41 Å². The van der Waals surface area contributed by atoms with Crippen LogP contribution < -0.4 is 0 Å². The van der Waals surface area contributed by atoms with E-state index in [2.05, 4.69) is 44.5 Å². The van der Waals surface area contributed by atoms with Crippen molar-refractivity contribution in [3.63, 3.8) is 0 Å². The van der Waals surface area contributed by atoms with E-state index in [0.29, 0.717) is 0 Å². The molecule has 0 aromatic rings. The van der Waals surface area contributed by atoms with Crippen LogP contribution in [-0.4, -0.2) is 17.3 Å². The maximum absolute atomic E-state index is 2.41. The molecule has 0 unspecified atom stereocenters. The first-order valence-electron chi connectivity index (χ1n) is 5.04. The Kier molecular flexibility index (Phi) is 1.73. The van der Waals surface area contributed by atoms with Gasteiger partial charge in [0.05, 0.1) is 5.41 Å². The van der Waals surface area contributed by atoms with E-state index in [1.807, 2.05) is 0 Å². The van der Waals surface area contributed by atoms with Crippen LogP contribution in [0.5, 0.6) is 0 Å². The third kappa shape index (κ3) is 1.03. The van der Waals surface area contributed by atoms with Gasteiger partial charge in [0, 0.05) is 12.5 Å². The van der Waals surface area contributed by atoms with Gasteiger partial charge in [-0.2, -0.15) is 0 Å². The molecular weight excluding hydrogens is 158 g/mol. The van der Waals surface area contributed by atoms with Crippen molar-refractivity contribution in [1.82, 2.24) is 0 Å². The van der Waals surface area contributed by atoms with Crippen LogP contribution in [0.3, 0.4) is 0 Å². The quantitative estimate of drug-likeness (QED) is 0.499. The topological polar surface area (TPSA) is 3.01 Å². The number of allylic oxidation sites excluding steroid dienone is 3. The van der Waals surface area contributed by atoms with E-state index in [0.717, 1.165) is 0 Å². The predicted octanol–water partition coefficient (Wildman–Crippen LogP) is 2.73. The first-order valence-corrected chi connectivity index (χ1v) is 5.04. The number of nitrogens with zero attached hydrogens (tertiary/aromatic N) is 1. The highest BCUT2D eigenvalue weighted by atomic mass is 15.0. The van der Waals surface area contributed by atoms with Gasteiger partial charge < -0.3 is 0 Å². The van der Waals surface area contributed by atoms with Crippen molar-refractivity contribution in [3.05, 3.63) is 23.4 Å². The number of fused-ring (bicyclic) bond motifs is 1. The van der Waals surface area contributed by atoms with Crippen molar-refractivity contribution >= 4 is 5.71 Å². The van der Waals surface area contributed by atoms with Gasteiger partial charge in [-0.3, -0.25) is 0 Å². The molecule has 0 fully saturated rings. The van der Waals surface area contributed by atoms with E-state index >= 15 is 0 Å². The lowest BCUT2D eigenvalue weighted by Crippen LogP contribution is -2.21. The Morgan fingerprint density at radius 3 is 2.46 bits per heavy atom. The molecule has 1 aliphatic carbocycles. The molecule has 0 bridgehead atoms. The van der Waals surface area contributed by atoms with E-state index < -0.39 is 0 Å². The second-order valence-electron chi connectivity index (χ2n) is 4.55. The Morgan fingerprint density at radius 2 is 1.85 bits per heavy atom. The van der Waals surface area contributed by atoms with Gasteiger partial charge in [-0.05, 0) is 32.8 Å². The van der Waals surface area contributed by atoms with Crippen LogP contribution >= 0.6 is 0 Å². The minimum Gasteiger partial charge on any atom is -0.202 e. The van der Waals surface area contributed by atoms with E-state index in [4.69, 9.17) is 0 Å². The fourth-order valence-corrected chi connectivity index (χ4v) is 2.35. The molecule has 13 heavy (non-hydrogen) atoms. The van der Waals surface area contributed by atoms with Gasteiger partial charge in [0.25, 0.3) is 0 Å². The Labute approximate surface area is 80.5 Å². The summed E-state index contributed by atoms with van der Waals surface area (Å²) >= 11 is 0. The third-order valence-electron chi connectivity index (χ3n) is 3.57. The van der Waals surface area contributed by atoms with Crippen LogP contribution in [0, 0.1) is 5.41 Å². The molecular formula is C12H18N+. The minimum absolute atomic E-state index is 0.251. The molecule has 0 saturated carbocycles. The van der Waals surface area contributed by atoms with Crippen LogP contribution in [0.15, 0.2) is 23.4 Å². The summed E-state index contributed by atoms with van der Waals surface area (Å²) in [6, 6.07) is 0. The maximum atomic E-state index is 2.41. The standard InChI is InChI=1S/C12H18N/c1-9-12(2,3)10-7-5-6-8-11(10)13(9)4/h7-8H,5-6H2,1-4H3/q+1. The van der Waals surface area contributed by atoms with Crippen molar-refractivity contribution in [3.8, 4) is 0 Å². The molecule has 0 saturated heterocycles. The van der Waals surface area contributed by atoms with Crippen LogP contribution in [0.2, 0.25) is 0 Å². The largest absolute Gasteiger partial charge is 0.204 e. The molecule has 0 N–H and O–H groups in total. The lowest BCUT2D eigenvalue weighted by atomic mass is 9.79. The van der Waals surface area contributed by atoms with Crippen LogP contribution in [0.1, 0.15) is 33.6 Å². The second kappa shape index (κ2) is 2.57. The van der Waals surface area contributed by atoms with E-state index in [1.165, 1.54) is 29.8 Å². The summed E-state index contributed by atoms with van der Waals surface area (Å²) in [5.74, 6) is 0. The fraction of sp³-hybridized carbons (Fsp3) is 0.583. The highest BCUT2D eigenvalue weighted by molar-refractivity contribution is 5.90. The molecule has 1 nitrogen and oxygen atoms in total. The van der Waals surface area contributed by atoms with Gasteiger partial charge in [0.15, 0.2) is 5.71 Å². The normalized spacial score (nSPS) is 25.5. The summed E-state index contributed by atoms with van der Waals surface area (Å²) in [4.78, 5) is 0. The smallest absolute Gasteiger partial charge is 0.202 e. The summed E-state index contributed by atoms with van der Waals surface area (Å²) < 4.78 is 2.34. The van der Waals surface area contributed by atoms with Gasteiger partial charge in [-0.25, -0.2) is 4.58 Å². The van der Waals surface area contributed by atoms with Gasteiger partial charge in [0.1, 0.15) is 7.05 Å². The average Bonchev–Trinajstić information content (AvgIpc) is 2.30. The van der Waals surface area contributed by atoms with Gasteiger partial charge in [-0.1, -0.05) is 6.08 Å². The lowest BCUT2D eigenvalue weighted by Gasteiger charge is -2.17. The van der Waals surface area contributed by atoms with Crippen molar-refractivity contribution in [2.24, 2.45) is 5.41 Å². The highest BCUT2D eigenvalue weighted by Gasteiger charge is 2.44. The zero-order chi connectivity index (χ0) is 9.64. The van der Waals surface area contributed by atoms with Gasteiger partial charge in [0.2, 0.25) is 5.70 Å². The monoisotopic (exact) mass is 176 g/mol. The molecule has 0 aromatic heterocycles. The Morgan fingerprint density at radius 1 is 1.23 bits per heavy atom. The van der Waals surface area contributed by atoms with Crippen LogP contribution in [-0.2, 0) is 0 Å². The van der Waals surface area contributed by atoms with Crippen molar-refractivity contribution in [2.75, 3.05) is 7.05 Å². The molecule has 1 heterocycles. The zero-order valence-electron chi connectivity index (χ0n) is 9.02. The molecule has 2 rings (SSSR count). The summed E-state index contributed by atoms with van der Waals surface area (Å²) in [5, 5.41) is 0. The number of hydrogen-bond donors (Lipinski definition) is 0. The molecule has 0 amide bonds. The van der Waals surface area contributed by atoms with Gasteiger partial charge >= 0.3 is 0 Å². The molecule has 0 spiro atoms. The Balaban J connectivity index is 2.59. The second-order valence-corrected chi connectivity index (χ2v) is 4.55. The van der Waals surface area contributed by atoms with Crippen molar-refractivity contribution in [2.45, 2.75) is 33.6 Å². The maximum Gasteiger partial charge on any atom is 0.204 e. The SMILES string of the molecule is CC1=[N+](C)C2=CCCC=C2C1(C)C. The molecule has 2 aliphatic rings. The first-order chi connectivity index (χ1) is 6.05. The molecule has 70 valence electrons. The van der Waals surface area contributed by atoms with Crippen molar-refractivity contribution in [1.29, 1.82) is 0 Å². The Bertz CT molecular complexity index is 340. The molecule has 1 heteroatoms. The number of likely N-dealkylation sites (N-methyl/N-ethyl adjacent to an activating group) is 1. The molecule has 0 atom stereocenters. The summed E-state index contributed by atoms with van der Waals surface area (Å²) in [6.45, 7) is 6.87. The molecule has 0 aromatic carbocycles. The zero-order valence-corrected chi connectivity index (χ0v) is 9.02. The predicted molar refractivity (Wildman–Crippen MR) is 56.0 cm³/mol.